The smallest absolute Gasteiger partial charge is 0.0602 e. The minimum absolute atomic E-state index is 0.829. The first kappa shape index (κ1) is 9.12. The Hall–Kier alpha value is 0.550. The standard InChI is InChI=1S/C8H4ClIS2/c9-4-3-12-6-2-1-5(11)8(10)7(4)6/h1-3,11H. The van der Waals surface area contributed by atoms with Crippen molar-refractivity contribution in [3.8, 4) is 0 Å². The van der Waals surface area contributed by atoms with Crippen molar-refractivity contribution in [3.05, 3.63) is 26.1 Å². The molecule has 0 fully saturated rings. The first-order valence-corrected chi connectivity index (χ1v) is 6.02. The summed E-state index contributed by atoms with van der Waals surface area (Å²) < 4.78 is 2.36. The van der Waals surface area contributed by atoms with Gasteiger partial charge in [-0.1, -0.05) is 11.6 Å². The van der Waals surface area contributed by atoms with Crippen molar-refractivity contribution in [2.24, 2.45) is 0 Å². The quantitative estimate of drug-likeness (QED) is 0.537. The molecule has 0 bridgehead atoms. The van der Waals surface area contributed by atoms with Gasteiger partial charge in [0.15, 0.2) is 0 Å². The normalized spacial score (nSPS) is 10.9. The van der Waals surface area contributed by atoms with Crippen molar-refractivity contribution >= 4 is 68.2 Å². The largest absolute Gasteiger partial charge is 0.142 e. The number of fused-ring (bicyclic) bond motifs is 1. The summed E-state index contributed by atoms with van der Waals surface area (Å²) >= 11 is 14.3. The van der Waals surface area contributed by atoms with Crippen LogP contribution in [0.4, 0.5) is 0 Å². The molecule has 2 aromatic rings. The van der Waals surface area contributed by atoms with Gasteiger partial charge < -0.3 is 0 Å². The fraction of sp³-hybridized carbons (Fsp3) is 0. The maximum Gasteiger partial charge on any atom is 0.0602 e. The van der Waals surface area contributed by atoms with Gasteiger partial charge in [-0.25, -0.2) is 0 Å². The third kappa shape index (κ3) is 1.36. The lowest BCUT2D eigenvalue weighted by atomic mass is 10.3. The maximum absolute atomic E-state index is 6.02. The lowest BCUT2D eigenvalue weighted by molar-refractivity contribution is 1.48. The maximum atomic E-state index is 6.02. The summed E-state index contributed by atoms with van der Waals surface area (Å²) in [5.74, 6) is 0. The highest BCUT2D eigenvalue weighted by Crippen LogP contribution is 2.35. The zero-order valence-corrected chi connectivity index (χ0v) is 10.5. The molecule has 62 valence electrons. The van der Waals surface area contributed by atoms with E-state index in [2.05, 4.69) is 41.3 Å². The minimum Gasteiger partial charge on any atom is -0.142 e. The van der Waals surface area contributed by atoms with Crippen LogP contribution < -0.4 is 0 Å². The third-order valence-electron chi connectivity index (χ3n) is 1.61. The zero-order chi connectivity index (χ0) is 8.72. The Kier molecular flexibility index (Phi) is 2.56. The summed E-state index contributed by atoms with van der Waals surface area (Å²) in [5, 5.41) is 3.92. The van der Waals surface area contributed by atoms with Gasteiger partial charge >= 0.3 is 0 Å². The molecule has 0 atom stereocenters. The molecule has 1 aromatic heterocycles. The Labute approximate surface area is 98.5 Å². The van der Waals surface area contributed by atoms with Crippen molar-refractivity contribution < 1.29 is 0 Å². The SMILES string of the molecule is Sc1ccc2scc(Cl)c2c1I. The molecule has 1 heterocycles. The van der Waals surface area contributed by atoms with Gasteiger partial charge in [-0.05, 0) is 34.7 Å². The average Bonchev–Trinajstić information content (AvgIpc) is 2.41. The van der Waals surface area contributed by atoms with Crippen molar-refractivity contribution in [2.75, 3.05) is 0 Å². The van der Waals surface area contributed by atoms with Gasteiger partial charge in [0, 0.05) is 23.9 Å². The number of halogens is 2. The molecule has 0 unspecified atom stereocenters. The van der Waals surface area contributed by atoms with Crippen LogP contribution in [0.15, 0.2) is 22.4 Å². The number of benzene rings is 1. The monoisotopic (exact) mass is 326 g/mol. The van der Waals surface area contributed by atoms with Crippen LogP contribution in [0, 0.1) is 3.57 Å². The molecule has 0 saturated heterocycles. The summed E-state index contributed by atoms with van der Waals surface area (Å²) in [5.41, 5.74) is 0. The van der Waals surface area contributed by atoms with Gasteiger partial charge in [0.1, 0.15) is 0 Å². The van der Waals surface area contributed by atoms with Crippen LogP contribution in [0.2, 0.25) is 5.02 Å². The second-order valence-electron chi connectivity index (χ2n) is 2.36. The fourth-order valence-corrected chi connectivity index (χ4v) is 3.54. The Morgan fingerprint density at radius 2 is 2.17 bits per heavy atom. The first-order valence-electron chi connectivity index (χ1n) is 3.24. The number of hydrogen-bond acceptors (Lipinski definition) is 2. The fourth-order valence-electron chi connectivity index (χ4n) is 1.04. The van der Waals surface area contributed by atoms with Crippen LogP contribution >= 0.6 is 58.2 Å². The lowest BCUT2D eigenvalue weighted by Crippen LogP contribution is -1.75. The van der Waals surface area contributed by atoms with Gasteiger partial charge in [-0.2, -0.15) is 0 Å². The van der Waals surface area contributed by atoms with Crippen LogP contribution in [0.3, 0.4) is 0 Å². The Morgan fingerprint density at radius 1 is 1.42 bits per heavy atom. The second-order valence-corrected chi connectivity index (χ2v) is 5.23. The molecule has 0 N–H and O–H groups in total. The lowest BCUT2D eigenvalue weighted by Gasteiger charge is -1.98. The van der Waals surface area contributed by atoms with E-state index in [0.717, 1.165) is 18.9 Å². The van der Waals surface area contributed by atoms with Crippen LogP contribution in [0.1, 0.15) is 0 Å². The van der Waals surface area contributed by atoms with Gasteiger partial charge in [0.05, 0.1) is 5.02 Å². The van der Waals surface area contributed by atoms with E-state index in [4.69, 9.17) is 11.6 Å². The summed E-state index contributed by atoms with van der Waals surface area (Å²) in [6, 6.07) is 4.05. The van der Waals surface area contributed by atoms with Gasteiger partial charge in [-0.3, -0.25) is 0 Å². The molecular weight excluding hydrogens is 323 g/mol. The van der Waals surface area contributed by atoms with E-state index < -0.39 is 0 Å². The Balaban J connectivity index is 2.96. The van der Waals surface area contributed by atoms with Gasteiger partial charge in [-0.15, -0.1) is 24.0 Å². The van der Waals surface area contributed by atoms with Crippen LogP contribution in [0.25, 0.3) is 10.1 Å². The van der Waals surface area contributed by atoms with E-state index in [-0.39, 0.29) is 0 Å². The third-order valence-corrected chi connectivity index (χ3v) is 4.91. The highest BCUT2D eigenvalue weighted by Gasteiger charge is 2.07. The van der Waals surface area contributed by atoms with Gasteiger partial charge in [0.25, 0.3) is 0 Å². The van der Waals surface area contributed by atoms with Crippen molar-refractivity contribution in [2.45, 2.75) is 4.90 Å². The second kappa shape index (κ2) is 3.36. The Morgan fingerprint density at radius 3 is 2.92 bits per heavy atom. The molecule has 4 heteroatoms. The van der Waals surface area contributed by atoms with Crippen LogP contribution in [-0.4, -0.2) is 0 Å². The van der Waals surface area contributed by atoms with Gasteiger partial charge in [0.2, 0.25) is 0 Å². The predicted octanol–water partition coefficient (Wildman–Crippen LogP) is 4.45. The highest BCUT2D eigenvalue weighted by atomic mass is 127. The Bertz CT molecular complexity index is 436. The van der Waals surface area contributed by atoms with Crippen molar-refractivity contribution in [1.82, 2.24) is 0 Å². The molecule has 0 aliphatic rings. The molecular formula is C8H4ClIS2. The number of thiol groups is 1. The van der Waals surface area contributed by atoms with Crippen molar-refractivity contribution in [1.29, 1.82) is 0 Å². The topological polar surface area (TPSA) is 0 Å². The molecule has 0 nitrogen and oxygen atoms in total. The summed E-state index contributed by atoms with van der Waals surface area (Å²) in [4.78, 5) is 0.989. The number of rotatable bonds is 0. The number of thiophene rings is 1. The summed E-state index contributed by atoms with van der Waals surface area (Å²) in [7, 11) is 0. The predicted molar refractivity (Wildman–Crippen MR) is 66.8 cm³/mol. The van der Waals surface area contributed by atoms with E-state index in [1.165, 1.54) is 4.70 Å². The first-order chi connectivity index (χ1) is 5.70. The average molecular weight is 327 g/mol. The number of hydrogen-bond donors (Lipinski definition) is 1. The molecule has 0 spiro atoms. The summed E-state index contributed by atoms with van der Waals surface area (Å²) in [6.45, 7) is 0. The molecule has 2 rings (SSSR count). The van der Waals surface area contributed by atoms with E-state index in [9.17, 15) is 0 Å². The van der Waals surface area contributed by atoms with E-state index >= 15 is 0 Å². The minimum atomic E-state index is 0.829. The van der Waals surface area contributed by atoms with Crippen molar-refractivity contribution in [3.63, 3.8) is 0 Å². The van der Waals surface area contributed by atoms with E-state index in [0.29, 0.717) is 0 Å². The molecule has 0 amide bonds. The molecule has 12 heavy (non-hydrogen) atoms. The summed E-state index contributed by atoms with van der Waals surface area (Å²) in [6.07, 6.45) is 0. The van der Waals surface area contributed by atoms with Crippen LogP contribution in [0.5, 0.6) is 0 Å². The molecule has 0 radical (unpaired) electrons. The van der Waals surface area contributed by atoms with E-state index in [1.807, 2.05) is 11.4 Å². The molecule has 0 aliphatic carbocycles. The molecule has 1 aromatic carbocycles. The molecule has 0 saturated carbocycles. The zero-order valence-electron chi connectivity index (χ0n) is 5.84. The van der Waals surface area contributed by atoms with Crippen LogP contribution in [-0.2, 0) is 0 Å². The molecule has 0 aliphatic heterocycles. The highest BCUT2D eigenvalue weighted by molar-refractivity contribution is 14.1. The van der Waals surface area contributed by atoms with E-state index in [1.54, 1.807) is 11.3 Å².